The van der Waals surface area contributed by atoms with Crippen molar-refractivity contribution < 1.29 is 9.47 Å². The Hall–Kier alpha value is -0.870. The third-order valence-electron chi connectivity index (χ3n) is 2.89. The Morgan fingerprint density at radius 1 is 1.56 bits per heavy atom. The van der Waals surface area contributed by atoms with Crippen LogP contribution in [0, 0.1) is 0 Å². The number of aryl methyl sites for hydroxylation is 1. The molecule has 0 aliphatic carbocycles. The molecule has 1 aromatic heterocycles. The summed E-state index contributed by atoms with van der Waals surface area (Å²) in [6, 6.07) is 0. The van der Waals surface area contributed by atoms with E-state index in [1.165, 1.54) is 12.8 Å². The van der Waals surface area contributed by atoms with E-state index < -0.39 is 0 Å². The van der Waals surface area contributed by atoms with Gasteiger partial charge in [0, 0.05) is 32.0 Å². The molecular formula is C12H20N2O2. The van der Waals surface area contributed by atoms with Crippen LogP contribution in [0.3, 0.4) is 0 Å². The molecule has 1 aliphatic rings. The van der Waals surface area contributed by atoms with Gasteiger partial charge in [-0.2, -0.15) is 0 Å². The summed E-state index contributed by atoms with van der Waals surface area (Å²) in [5, 5.41) is 0. The highest BCUT2D eigenvalue weighted by Gasteiger charge is 2.13. The second-order valence-electron chi connectivity index (χ2n) is 4.06. The molecule has 2 rings (SSSR count). The third kappa shape index (κ3) is 3.06. The fourth-order valence-corrected chi connectivity index (χ4v) is 1.98. The van der Waals surface area contributed by atoms with Crippen molar-refractivity contribution in [1.29, 1.82) is 0 Å². The number of imidazole rings is 1. The number of nitrogens with zero attached hydrogens (tertiary/aromatic N) is 2. The van der Waals surface area contributed by atoms with Crippen LogP contribution in [0.15, 0.2) is 12.4 Å². The predicted molar refractivity (Wildman–Crippen MR) is 61.1 cm³/mol. The van der Waals surface area contributed by atoms with Crippen LogP contribution < -0.4 is 0 Å². The number of hydrogen-bond acceptors (Lipinski definition) is 3. The van der Waals surface area contributed by atoms with Crippen molar-refractivity contribution >= 4 is 0 Å². The maximum atomic E-state index is 5.68. The highest BCUT2D eigenvalue weighted by molar-refractivity contribution is 4.91. The lowest BCUT2D eigenvalue weighted by atomic mass is 10.2. The van der Waals surface area contributed by atoms with E-state index in [0.717, 1.165) is 31.8 Å². The Labute approximate surface area is 96.6 Å². The van der Waals surface area contributed by atoms with Crippen LogP contribution in [-0.4, -0.2) is 29.1 Å². The van der Waals surface area contributed by atoms with Crippen molar-refractivity contribution in [3.05, 3.63) is 18.2 Å². The van der Waals surface area contributed by atoms with Gasteiger partial charge in [-0.3, -0.25) is 0 Å². The van der Waals surface area contributed by atoms with Crippen LogP contribution in [0.5, 0.6) is 0 Å². The van der Waals surface area contributed by atoms with Gasteiger partial charge in [-0.05, 0) is 19.3 Å². The summed E-state index contributed by atoms with van der Waals surface area (Å²) in [4.78, 5) is 4.28. The molecule has 1 aromatic rings. The van der Waals surface area contributed by atoms with Crippen molar-refractivity contribution in [2.24, 2.45) is 0 Å². The third-order valence-corrected chi connectivity index (χ3v) is 2.89. The van der Waals surface area contributed by atoms with Gasteiger partial charge in [0.15, 0.2) is 6.29 Å². The van der Waals surface area contributed by atoms with E-state index in [-0.39, 0.29) is 6.29 Å². The standard InChI is InChI=1S/C12H20N2O2/c1-2-11-13-6-7-14(11)8-10-16-12-5-3-4-9-15-12/h6-7,12H,2-5,8-10H2,1H3. The Bertz CT molecular complexity index is 306. The average molecular weight is 224 g/mol. The number of rotatable bonds is 5. The molecule has 2 heterocycles. The molecule has 16 heavy (non-hydrogen) atoms. The van der Waals surface area contributed by atoms with Gasteiger partial charge in [0.2, 0.25) is 0 Å². The van der Waals surface area contributed by atoms with Crippen LogP contribution in [0.1, 0.15) is 32.0 Å². The molecule has 4 heteroatoms. The lowest BCUT2D eigenvalue weighted by molar-refractivity contribution is -0.163. The summed E-state index contributed by atoms with van der Waals surface area (Å²) >= 11 is 0. The first kappa shape index (κ1) is 11.6. The summed E-state index contributed by atoms with van der Waals surface area (Å²) in [7, 11) is 0. The maximum Gasteiger partial charge on any atom is 0.157 e. The monoisotopic (exact) mass is 224 g/mol. The number of hydrogen-bond donors (Lipinski definition) is 0. The Balaban J connectivity index is 1.71. The highest BCUT2D eigenvalue weighted by Crippen LogP contribution is 2.13. The normalized spacial score (nSPS) is 21.2. The van der Waals surface area contributed by atoms with Crippen molar-refractivity contribution in [3.63, 3.8) is 0 Å². The quantitative estimate of drug-likeness (QED) is 0.767. The number of ether oxygens (including phenoxy) is 2. The molecule has 0 aromatic carbocycles. The fourth-order valence-electron chi connectivity index (χ4n) is 1.98. The highest BCUT2D eigenvalue weighted by atomic mass is 16.7. The topological polar surface area (TPSA) is 36.3 Å². The Morgan fingerprint density at radius 3 is 3.25 bits per heavy atom. The summed E-state index contributed by atoms with van der Waals surface area (Å²) in [6.45, 7) is 4.52. The minimum atomic E-state index is 0.0161. The summed E-state index contributed by atoms with van der Waals surface area (Å²) in [5.41, 5.74) is 0. The number of aromatic nitrogens is 2. The van der Waals surface area contributed by atoms with E-state index in [1.807, 2.05) is 12.4 Å². The largest absolute Gasteiger partial charge is 0.353 e. The summed E-state index contributed by atoms with van der Waals surface area (Å²) in [5.74, 6) is 1.12. The van der Waals surface area contributed by atoms with Crippen molar-refractivity contribution in [1.82, 2.24) is 9.55 Å². The van der Waals surface area contributed by atoms with E-state index >= 15 is 0 Å². The van der Waals surface area contributed by atoms with E-state index in [9.17, 15) is 0 Å². The molecule has 0 N–H and O–H groups in total. The smallest absolute Gasteiger partial charge is 0.157 e. The van der Waals surface area contributed by atoms with Gasteiger partial charge in [0.05, 0.1) is 6.61 Å². The van der Waals surface area contributed by atoms with Crippen LogP contribution in [0.2, 0.25) is 0 Å². The van der Waals surface area contributed by atoms with Gasteiger partial charge in [-0.1, -0.05) is 6.92 Å². The molecule has 1 unspecified atom stereocenters. The molecule has 4 nitrogen and oxygen atoms in total. The second kappa shape index (κ2) is 6.01. The van der Waals surface area contributed by atoms with E-state index in [0.29, 0.717) is 6.61 Å². The minimum Gasteiger partial charge on any atom is -0.353 e. The van der Waals surface area contributed by atoms with Crippen LogP contribution >= 0.6 is 0 Å². The van der Waals surface area contributed by atoms with Crippen molar-refractivity contribution in [3.8, 4) is 0 Å². The van der Waals surface area contributed by atoms with Gasteiger partial charge >= 0.3 is 0 Å². The molecule has 90 valence electrons. The van der Waals surface area contributed by atoms with Crippen LogP contribution in [0.25, 0.3) is 0 Å². The molecule has 1 saturated heterocycles. The SMILES string of the molecule is CCc1nccn1CCOC1CCCCO1. The van der Waals surface area contributed by atoms with Crippen LogP contribution in [0.4, 0.5) is 0 Å². The van der Waals surface area contributed by atoms with Crippen LogP contribution in [-0.2, 0) is 22.4 Å². The molecule has 1 aliphatic heterocycles. The summed E-state index contributed by atoms with van der Waals surface area (Å²) < 4.78 is 13.3. The molecular weight excluding hydrogens is 204 g/mol. The first-order chi connectivity index (χ1) is 7.90. The zero-order valence-corrected chi connectivity index (χ0v) is 9.89. The van der Waals surface area contributed by atoms with Crippen molar-refractivity contribution in [2.45, 2.75) is 45.4 Å². The Kier molecular flexibility index (Phi) is 4.36. The lowest BCUT2D eigenvalue weighted by Gasteiger charge is -2.22. The molecule has 0 saturated carbocycles. The zero-order chi connectivity index (χ0) is 11.2. The van der Waals surface area contributed by atoms with Gasteiger partial charge in [0.1, 0.15) is 5.82 Å². The molecule has 0 radical (unpaired) electrons. The van der Waals surface area contributed by atoms with Gasteiger partial charge in [0.25, 0.3) is 0 Å². The average Bonchev–Trinajstić information content (AvgIpc) is 2.78. The Morgan fingerprint density at radius 2 is 2.50 bits per heavy atom. The van der Waals surface area contributed by atoms with Gasteiger partial charge in [-0.15, -0.1) is 0 Å². The zero-order valence-electron chi connectivity index (χ0n) is 9.89. The van der Waals surface area contributed by atoms with Gasteiger partial charge < -0.3 is 14.0 Å². The predicted octanol–water partition coefficient (Wildman–Crippen LogP) is 1.99. The fraction of sp³-hybridized carbons (Fsp3) is 0.750. The summed E-state index contributed by atoms with van der Waals surface area (Å²) in [6.07, 6.45) is 8.25. The molecule has 0 amide bonds. The van der Waals surface area contributed by atoms with Gasteiger partial charge in [-0.25, -0.2) is 4.98 Å². The van der Waals surface area contributed by atoms with Crippen molar-refractivity contribution in [2.75, 3.05) is 13.2 Å². The lowest BCUT2D eigenvalue weighted by Crippen LogP contribution is -2.24. The maximum absolute atomic E-state index is 5.68. The first-order valence-electron chi connectivity index (χ1n) is 6.13. The first-order valence-corrected chi connectivity index (χ1v) is 6.13. The van der Waals surface area contributed by atoms with E-state index in [4.69, 9.17) is 9.47 Å². The van der Waals surface area contributed by atoms with E-state index in [2.05, 4.69) is 16.5 Å². The molecule has 0 bridgehead atoms. The molecule has 1 fully saturated rings. The second-order valence-corrected chi connectivity index (χ2v) is 4.06. The minimum absolute atomic E-state index is 0.0161. The van der Waals surface area contributed by atoms with E-state index in [1.54, 1.807) is 0 Å². The molecule has 1 atom stereocenters. The molecule has 0 spiro atoms.